The van der Waals surface area contributed by atoms with Gasteiger partial charge in [-0.2, -0.15) is 0 Å². The number of rotatable bonds is 5. The number of aryl methyl sites for hydroxylation is 1. The maximum atomic E-state index is 13.7. The number of aromatic nitrogens is 2. The number of halogens is 1. The van der Waals surface area contributed by atoms with Crippen molar-refractivity contribution in [2.45, 2.75) is 43.7 Å². The second-order valence-electron chi connectivity index (χ2n) is 9.80. The summed E-state index contributed by atoms with van der Waals surface area (Å²) in [5.41, 5.74) is 2.59. The van der Waals surface area contributed by atoms with Crippen molar-refractivity contribution < 1.29 is 14.3 Å². The standard InChI is InChI=1S/C29H26FN3O3S/c30-21-8-2-6-19(16-21)18-5-1-7-20(15-18)25(34)27(36)33-13-3-9-23-22(17-33)26(35)32-28(31-23)29(11-12-29)24-10-4-14-37-24/h1-2,4-8,10,14-16,25,34H,3,9,11-13,17H2,(H,31,32,35). The number of thiophene rings is 1. The Balaban J connectivity index is 1.25. The van der Waals surface area contributed by atoms with Gasteiger partial charge in [0.05, 0.1) is 23.2 Å². The summed E-state index contributed by atoms with van der Waals surface area (Å²) in [6.07, 6.45) is 1.77. The predicted octanol–water partition coefficient (Wildman–Crippen LogP) is 4.73. The van der Waals surface area contributed by atoms with Crippen LogP contribution in [-0.2, 0) is 23.2 Å². The second kappa shape index (κ2) is 9.36. The lowest BCUT2D eigenvalue weighted by Gasteiger charge is -2.24. The van der Waals surface area contributed by atoms with E-state index in [2.05, 4.69) is 11.1 Å². The molecule has 1 aliphatic carbocycles. The van der Waals surface area contributed by atoms with Gasteiger partial charge in [0.25, 0.3) is 11.5 Å². The Morgan fingerprint density at radius 3 is 2.62 bits per heavy atom. The van der Waals surface area contributed by atoms with E-state index in [4.69, 9.17) is 4.98 Å². The van der Waals surface area contributed by atoms with Crippen molar-refractivity contribution in [3.63, 3.8) is 0 Å². The number of benzene rings is 2. The molecule has 3 heterocycles. The van der Waals surface area contributed by atoms with Crippen LogP contribution in [0.1, 0.15) is 52.9 Å². The highest BCUT2D eigenvalue weighted by atomic mass is 32.1. The van der Waals surface area contributed by atoms with E-state index in [-0.39, 0.29) is 23.3 Å². The maximum absolute atomic E-state index is 13.7. The van der Waals surface area contributed by atoms with Gasteiger partial charge in [-0.1, -0.05) is 36.4 Å². The number of aromatic amines is 1. The molecule has 2 aromatic heterocycles. The van der Waals surface area contributed by atoms with Gasteiger partial charge in [0.15, 0.2) is 6.10 Å². The lowest BCUT2D eigenvalue weighted by atomic mass is 10.00. The molecular formula is C29H26FN3O3S. The first-order valence-corrected chi connectivity index (χ1v) is 13.3. The Morgan fingerprint density at radius 2 is 1.89 bits per heavy atom. The summed E-state index contributed by atoms with van der Waals surface area (Å²) in [6, 6.07) is 17.2. The van der Waals surface area contributed by atoms with Crippen LogP contribution in [0.25, 0.3) is 11.1 Å². The fourth-order valence-corrected chi connectivity index (χ4v) is 6.17. The second-order valence-corrected chi connectivity index (χ2v) is 10.7. The summed E-state index contributed by atoms with van der Waals surface area (Å²) < 4.78 is 13.7. The van der Waals surface area contributed by atoms with Crippen LogP contribution in [-0.4, -0.2) is 32.4 Å². The molecule has 2 aromatic carbocycles. The largest absolute Gasteiger partial charge is 0.378 e. The fraction of sp³-hybridized carbons (Fsp3) is 0.276. The smallest absolute Gasteiger partial charge is 0.256 e. The molecule has 1 saturated carbocycles. The predicted molar refractivity (Wildman–Crippen MR) is 140 cm³/mol. The van der Waals surface area contributed by atoms with Crippen LogP contribution in [0.5, 0.6) is 0 Å². The van der Waals surface area contributed by atoms with E-state index < -0.39 is 12.0 Å². The SMILES string of the molecule is O=C(C(O)c1cccc(-c2cccc(F)c2)c1)N1CCCc2nc(C3(c4cccs4)CC3)[nH]c(=O)c2C1. The lowest BCUT2D eigenvalue weighted by molar-refractivity contribution is -0.141. The van der Waals surface area contributed by atoms with Gasteiger partial charge in [0.2, 0.25) is 0 Å². The number of aliphatic hydroxyl groups excluding tert-OH is 1. The molecule has 2 N–H and O–H groups in total. The third-order valence-electron chi connectivity index (χ3n) is 7.39. The molecule has 0 bridgehead atoms. The molecule has 1 unspecified atom stereocenters. The Bertz CT molecular complexity index is 1530. The van der Waals surface area contributed by atoms with Crippen LogP contribution >= 0.6 is 11.3 Å². The van der Waals surface area contributed by atoms with Crippen LogP contribution in [0.15, 0.2) is 70.8 Å². The molecule has 0 saturated heterocycles. The Labute approximate surface area is 217 Å². The number of hydrogen-bond donors (Lipinski definition) is 2. The fourth-order valence-electron chi connectivity index (χ4n) is 5.18. The van der Waals surface area contributed by atoms with Crippen LogP contribution in [0.2, 0.25) is 0 Å². The molecule has 1 amide bonds. The van der Waals surface area contributed by atoms with E-state index in [1.165, 1.54) is 21.9 Å². The molecule has 8 heteroatoms. The van der Waals surface area contributed by atoms with Gasteiger partial charge in [-0.3, -0.25) is 9.59 Å². The number of nitrogens with one attached hydrogen (secondary N) is 1. The molecule has 0 spiro atoms. The molecule has 1 atom stereocenters. The molecular weight excluding hydrogens is 489 g/mol. The average Bonchev–Trinajstić information content (AvgIpc) is 3.60. The van der Waals surface area contributed by atoms with Crippen LogP contribution < -0.4 is 5.56 Å². The van der Waals surface area contributed by atoms with E-state index in [0.717, 1.165) is 18.5 Å². The van der Waals surface area contributed by atoms with Crippen LogP contribution in [0, 0.1) is 5.82 Å². The molecule has 4 aromatic rings. The minimum Gasteiger partial charge on any atom is -0.378 e. The van der Waals surface area contributed by atoms with E-state index >= 15 is 0 Å². The van der Waals surface area contributed by atoms with Gasteiger partial charge in [-0.05, 0) is 72.0 Å². The summed E-state index contributed by atoms with van der Waals surface area (Å²) in [5, 5.41) is 13.0. The van der Waals surface area contributed by atoms with Gasteiger partial charge < -0.3 is 15.0 Å². The normalized spacial score (nSPS) is 17.1. The first-order chi connectivity index (χ1) is 17.9. The number of H-pyrrole nitrogens is 1. The number of hydrogen-bond acceptors (Lipinski definition) is 5. The Hall–Kier alpha value is -3.62. The minimum atomic E-state index is -1.39. The third-order valence-corrected chi connectivity index (χ3v) is 8.47. The molecule has 0 radical (unpaired) electrons. The molecule has 188 valence electrons. The van der Waals surface area contributed by atoms with Crippen molar-refractivity contribution in [3.05, 3.63) is 110 Å². The summed E-state index contributed by atoms with van der Waals surface area (Å²) >= 11 is 1.68. The van der Waals surface area contributed by atoms with Crippen molar-refractivity contribution in [2.75, 3.05) is 6.54 Å². The summed E-state index contributed by atoms with van der Waals surface area (Å²) in [5.74, 6) is -0.106. The zero-order valence-electron chi connectivity index (χ0n) is 20.1. The molecule has 2 aliphatic rings. The Kier molecular flexibility index (Phi) is 6.01. The summed E-state index contributed by atoms with van der Waals surface area (Å²) in [6.45, 7) is 0.518. The number of aliphatic hydroxyl groups is 1. The topological polar surface area (TPSA) is 86.3 Å². The van der Waals surface area contributed by atoms with Crippen molar-refractivity contribution >= 4 is 17.2 Å². The zero-order valence-corrected chi connectivity index (χ0v) is 20.9. The third kappa shape index (κ3) is 4.40. The zero-order chi connectivity index (χ0) is 25.6. The number of amides is 1. The first kappa shape index (κ1) is 23.8. The van der Waals surface area contributed by atoms with Crippen molar-refractivity contribution in [3.8, 4) is 11.1 Å². The number of carbonyl (C=O) groups excluding carboxylic acids is 1. The quantitative estimate of drug-likeness (QED) is 0.403. The van der Waals surface area contributed by atoms with Crippen LogP contribution in [0.3, 0.4) is 0 Å². The van der Waals surface area contributed by atoms with Gasteiger partial charge in [0, 0.05) is 11.4 Å². The molecule has 6 rings (SSSR count). The first-order valence-electron chi connectivity index (χ1n) is 12.4. The van der Waals surface area contributed by atoms with E-state index in [0.29, 0.717) is 47.5 Å². The highest BCUT2D eigenvalue weighted by molar-refractivity contribution is 7.10. The maximum Gasteiger partial charge on any atom is 0.256 e. The van der Waals surface area contributed by atoms with Gasteiger partial charge in [-0.15, -0.1) is 11.3 Å². The lowest BCUT2D eigenvalue weighted by Crippen LogP contribution is -2.36. The molecule has 6 nitrogen and oxygen atoms in total. The van der Waals surface area contributed by atoms with Gasteiger partial charge in [0.1, 0.15) is 11.6 Å². The number of nitrogens with zero attached hydrogens (tertiary/aromatic N) is 2. The number of carbonyl (C=O) groups is 1. The summed E-state index contributed by atoms with van der Waals surface area (Å²) in [4.78, 5) is 37.2. The monoisotopic (exact) mass is 515 g/mol. The van der Waals surface area contributed by atoms with Crippen LogP contribution in [0.4, 0.5) is 4.39 Å². The average molecular weight is 516 g/mol. The van der Waals surface area contributed by atoms with E-state index in [9.17, 15) is 19.1 Å². The molecule has 37 heavy (non-hydrogen) atoms. The van der Waals surface area contributed by atoms with E-state index in [1.807, 2.05) is 17.5 Å². The molecule has 1 aliphatic heterocycles. The van der Waals surface area contributed by atoms with Crippen molar-refractivity contribution in [1.29, 1.82) is 0 Å². The van der Waals surface area contributed by atoms with E-state index in [1.54, 1.807) is 41.7 Å². The minimum absolute atomic E-state index is 0.101. The van der Waals surface area contributed by atoms with Gasteiger partial charge in [-0.25, -0.2) is 9.37 Å². The Morgan fingerprint density at radius 1 is 1.11 bits per heavy atom. The van der Waals surface area contributed by atoms with Crippen molar-refractivity contribution in [1.82, 2.24) is 14.9 Å². The van der Waals surface area contributed by atoms with Crippen molar-refractivity contribution in [2.24, 2.45) is 0 Å². The number of fused-ring (bicyclic) bond motifs is 1. The summed E-state index contributed by atoms with van der Waals surface area (Å²) in [7, 11) is 0. The highest BCUT2D eigenvalue weighted by Gasteiger charge is 2.49. The molecule has 1 fully saturated rings. The highest BCUT2D eigenvalue weighted by Crippen LogP contribution is 2.53. The van der Waals surface area contributed by atoms with Gasteiger partial charge >= 0.3 is 0 Å².